The quantitative estimate of drug-likeness (QED) is 0.750. The van der Waals surface area contributed by atoms with E-state index in [0.717, 1.165) is 24.8 Å². The van der Waals surface area contributed by atoms with Crippen molar-refractivity contribution in [3.63, 3.8) is 0 Å². The van der Waals surface area contributed by atoms with Crippen LogP contribution in [0.3, 0.4) is 0 Å². The van der Waals surface area contributed by atoms with E-state index in [1.807, 2.05) is 30.3 Å². The van der Waals surface area contributed by atoms with Crippen molar-refractivity contribution in [3.05, 3.63) is 35.9 Å². The van der Waals surface area contributed by atoms with Crippen molar-refractivity contribution in [1.29, 1.82) is 0 Å². The standard InChI is InChI=1S/C21H33NO3S/c1-16(2)19-12-11-17(3)14-20(19)22-21(23)15-26(24,25)13-7-10-18-8-5-4-6-9-18/h4-6,8-9,16-17,19-20H,7,10-15H2,1-3H3,(H,22,23)/t17-,19+,20-/m0/s1. The average Bonchev–Trinajstić information content (AvgIpc) is 2.54. The smallest absolute Gasteiger partial charge is 0.235 e. The molecule has 1 N–H and O–H groups in total. The number of carbonyl (C=O) groups excluding carboxylic acids is 1. The zero-order valence-electron chi connectivity index (χ0n) is 16.3. The first-order valence-corrected chi connectivity index (χ1v) is 11.6. The number of amides is 1. The lowest BCUT2D eigenvalue weighted by atomic mass is 9.74. The molecule has 146 valence electrons. The Bertz CT molecular complexity index is 670. The van der Waals surface area contributed by atoms with Gasteiger partial charge in [0.1, 0.15) is 5.75 Å². The van der Waals surface area contributed by atoms with Gasteiger partial charge in [-0.1, -0.05) is 57.5 Å². The molecule has 0 spiro atoms. The molecule has 1 aliphatic carbocycles. The van der Waals surface area contributed by atoms with Crippen molar-refractivity contribution < 1.29 is 13.2 Å². The third-order valence-corrected chi connectivity index (χ3v) is 7.10. The predicted octanol–water partition coefficient (Wildman–Crippen LogP) is 3.61. The summed E-state index contributed by atoms with van der Waals surface area (Å²) < 4.78 is 24.6. The third-order valence-electron chi connectivity index (χ3n) is 5.48. The van der Waals surface area contributed by atoms with Crippen LogP contribution in [-0.4, -0.2) is 31.9 Å². The average molecular weight is 380 g/mol. The Kier molecular flexibility index (Phi) is 7.69. The van der Waals surface area contributed by atoms with Crippen LogP contribution in [0.25, 0.3) is 0 Å². The van der Waals surface area contributed by atoms with Crippen LogP contribution in [0.4, 0.5) is 0 Å². The molecule has 0 radical (unpaired) electrons. The first kappa shape index (κ1) is 20.9. The monoisotopic (exact) mass is 379 g/mol. The molecule has 1 fully saturated rings. The van der Waals surface area contributed by atoms with Crippen LogP contribution in [-0.2, 0) is 21.1 Å². The van der Waals surface area contributed by atoms with E-state index in [1.165, 1.54) is 6.42 Å². The van der Waals surface area contributed by atoms with Gasteiger partial charge in [0, 0.05) is 6.04 Å². The van der Waals surface area contributed by atoms with Gasteiger partial charge in [-0.25, -0.2) is 8.42 Å². The van der Waals surface area contributed by atoms with Gasteiger partial charge >= 0.3 is 0 Å². The molecule has 0 bridgehead atoms. The highest BCUT2D eigenvalue weighted by atomic mass is 32.2. The summed E-state index contributed by atoms with van der Waals surface area (Å²) in [6, 6.07) is 9.94. The lowest BCUT2D eigenvalue weighted by molar-refractivity contribution is -0.120. The van der Waals surface area contributed by atoms with E-state index in [9.17, 15) is 13.2 Å². The molecule has 0 aliphatic heterocycles. The highest BCUT2D eigenvalue weighted by Crippen LogP contribution is 2.33. The molecule has 26 heavy (non-hydrogen) atoms. The maximum atomic E-state index is 12.3. The molecule has 1 amide bonds. The summed E-state index contributed by atoms with van der Waals surface area (Å²) in [6.45, 7) is 6.57. The summed E-state index contributed by atoms with van der Waals surface area (Å²) in [5, 5.41) is 3.03. The van der Waals surface area contributed by atoms with Crippen LogP contribution >= 0.6 is 0 Å². The number of benzene rings is 1. The van der Waals surface area contributed by atoms with Gasteiger partial charge in [0.15, 0.2) is 9.84 Å². The number of sulfone groups is 1. The zero-order chi connectivity index (χ0) is 19.2. The second kappa shape index (κ2) is 9.54. The second-order valence-electron chi connectivity index (χ2n) is 8.18. The van der Waals surface area contributed by atoms with Gasteiger partial charge in [-0.05, 0) is 49.0 Å². The Morgan fingerprint density at radius 2 is 1.88 bits per heavy atom. The Hall–Kier alpha value is -1.36. The molecule has 1 saturated carbocycles. The molecule has 1 aliphatic rings. The Morgan fingerprint density at radius 1 is 1.19 bits per heavy atom. The van der Waals surface area contributed by atoms with Gasteiger partial charge in [0.2, 0.25) is 5.91 Å². The number of nitrogens with one attached hydrogen (secondary N) is 1. The molecule has 1 aromatic carbocycles. The van der Waals surface area contributed by atoms with Crippen LogP contribution < -0.4 is 5.32 Å². The van der Waals surface area contributed by atoms with Gasteiger partial charge in [-0.2, -0.15) is 0 Å². The summed E-state index contributed by atoms with van der Waals surface area (Å²) in [4.78, 5) is 12.3. The minimum absolute atomic E-state index is 0.0595. The summed E-state index contributed by atoms with van der Waals surface area (Å²) in [7, 11) is -3.37. The molecule has 5 heteroatoms. The number of aryl methyl sites for hydroxylation is 1. The van der Waals surface area contributed by atoms with Crippen LogP contribution in [0.1, 0.15) is 52.0 Å². The van der Waals surface area contributed by atoms with Crippen molar-refractivity contribution in [1.82, 2.24) is 5.32 Å². The second-order valence-corrected chi connectivity index (χ2v) is 10.4. The van der Waals surface area contributed by atoms with Gasteiger partial charge in [0.25, 0.3) is 0 Å². The van der Waals surface area contributed by atoms with Crippen LogP contribution in [0.2, 0.25) is 0 Å². The fourth-order valence-corrected chi connectivity index (χ4v) is 5.24. The molecule has 0 heterocycles. The topological polar surface area (TPSA) is 63.2 Å². The van der Waals surface area contributed by atoms with E-state index in [1.54, 1.807) is 0 Å². The largest absolute Gasteiger partial charge is 0.352 e. The van der Waals surface area contributed by atoms with E-state index in [0.29, 0.717) is 24.2 Å². The Labute approximate surface area is 158 Å². The maximum absolute atomic E-state index is 12.3. The van der Waals surface area contributed by atoms with Gasteiger partial charge in [-0.15, -0.1) is 0 Å². The van der Waals surface area contributed by atoms with Gasteiger partial charge in [-0.3, -0.25) is 4.79 Å². The van der Waals surface area contributed by atoms with E-state index < -0.39 is 15.6 Å². The lowest BCUT2D eigenvalue weighted by Gasteiger charge is -2.37. The van der Waals surface area contributed by atoms with Crippen LogP contribution in [0.5, 0.6) is 0 Å². The lowest BCUT2D eigenvalue weighted by Crippen LogP contribution is -2.47. The number of rotatable bonds is 8. The first-order chi connectivity index (χ1) is 12.3. The van der Waals surface area contributed by atoms with E-state index in [4.69, 9.17) is 0 Å². The van der Waals surface area contributed by atoms with Crippen molar-refractivity contribution in [2.75, 3.05) is 11.5 Å². The van der Waals surface area contributed by atoms with E-state index in [-0.39, 0.29) is 17.7 Å². The number of carbonyl (C=O) groups is 1. The summed E-state index contributed by atoms with van der Waals surface area (Å²) in [5.41, 5.74) is 1.13. The van der Waals surface area contributed by atoms with Crippen LogP contribution in [0, 0.1) is 17.8 Å². The molecular weight excluding hydrogens is 346 g/mol. The number of hydrogen-bond acceptors (Lipinski definition) is 3. The summed E-state index contributed by atoms with van der Waals surface area (Å²) in [5.74, 6) is 0.847. The first-order valence-electron chi connectivity index (χ1n) is 9.80. The fourth-order valence-electron chi connectivity index (χ4n) is 4.03. The molecule has 4 nitrogen and oxygen atoms in total. The maximum Gasteiger partial charge on any atom is 0.235 e. The highest BCUT2D eigenvalue weighted by molar-refractivity contribution is 7.92. The van der Waals surface area contributed by atoms with E-state index >= 15 is 0 Å². The third kappa shape index (κ3) is 6.75. The van der Waals surface area contributed by atoms with Gasteiger partial charge in [0.05, 0.1) is 5.75 Å². The fraction of sp³-hybridized carbons (Fsp3) is 0.667. The molecular formula is C21H33NO3S. The minimum atomic E-state index is -3.37. The predicted molar refractivity (Wildman–Crippen MR) is 107 cm³/mol. The van der Waals surface area contributed by atoms with Crippen molar-refractivity contribution >= 4 is 15.7 Å². The summed E-state index contributed by atoms with van der Waals surface area (Å²) >= 11 is 0. The number of hydrogen-bond donors (Lipinski definition) is 1. The highest BCUT2D eigenvalue weighted by Gasteiger charge is 2.32. The SMILES string of the molecule is CC(C)[C@H]1CC[C@H](C)C[C@@H]1NC(=O)CS(=O)(=O)CCCc1ccccc1. The van der Waals surface area contributed by atoms with E-state index in [2.05, 4.69) is 26.1 Å². The Balaban J connectivity index is 1.82. The molecule has 2 rings (SSSR count). The molecule has 1 aromatic rings. The van der Waals surface area contributed by atoms with Crippen molar-refractivity contribution in [2.24, 2.45) is 17.8 Å². The van der Waals surface area contributed by atoms with Crippen molar-refractivity contribution in [2.45, 2.75) is 58.9 Å². The Morgan fingerprint density at radius 3 is 2.54 bits per heavy atom. The molecule has 0 unspecified atom stereocenters. The minimum Gasteiger partial charge on any atom is -0.352 e. The molecule has 3 atom stereocenters. The normalized spacial score (nSPS) is 23.8. The van der Waals surface area contributed by atoms with Crippen molar-refractivity contribution in [3.8, 4) is 0 Å². The molecule has 0 saturated heterocycles. The van der Waals surface area contributed by atoms with Crippen LogP contribution in [0.15, 0.2) is 30.3 Å². The summed E-state index contributed by atoms with van der Waals surface area (Å²) in [6.07, 6.45) is 4.51. The van der Waals surface area contributed by atoms with Gasteiger partial charge < -0.3 is 5.32 Å². The molecule has 0 aromatic heterocycles. The zero-order valence-corrected chi connectivity index (χ0v) is 17.1.